The SMILES string of the molecule is Cc1cc(C)n(C(=O)C(C)Oc2ccc(C(C)C)cc2)n1. The monoisotopic (exact) mass is 286 g/mol. The molecule has 0 spiro atoms. The van der Waals surface area contributed by atoms with Crippen LogP contribution >= 0.6 is 0 Å². The minimum Gasteiger partial charge on any atom is -0.481 e. The van der Waals surface area contributed by atoms with Crippen LogP contribution in [-0.2, 0) is 0 Å². The molecule has 1 atom stereocenters. The Morgan fingerprint density at radius 2 is 1.76 bits per heavy atom. The molecule has 0 aliphatic carbocycles. The molecule has 0 saturated heterocycles. The van der Waals surface area contributed by atoms with E-state index in [2.05, 4.69) is 18.9 Å². The van der Waals surface area contributed by atoms with Gasteiger partial charge in [0.05, 0.1) is 5.69 Å². The molecule has 2 aromatic rings. The summed E-state index contributed by atoms with van der Waals surface area (Å²) >= 11 is 0. The Balaban J connectivity index is 2.08. The Hall–Kier alpha value is -2.10. The summed E-state index contributed by atoms with van der Waals surface area (Å²) in [5.41, 5.74) is 2.90. The van der Waals surface area contributed by atoms with Crippen molar-refractivity contribution in [3.05, 3.63) is 47.3 Å². The van der Waals surface area contributed by atoms with Crippen molar-refractivity contribution in [2.45, 2.75) is 46.6 Å². The summed E-state index contributed by atoms with van der Waals surface area (Å²) in [4.78, 5) is 12.3. The molecule has 21 heavy (non-hydrogen) atoms. The third-order valence-corrected chi connectivity index (χ3v) is 3.43. The highest BCUT2D eigenvalue weighted by molar-refractivity contribution is 5.83. The Morgan fingerprint density at radius 3 is 2.24 bits per heavy atom. The Kier molecular flexibility index (Phi) is 4.46. The number of aryl methyl sites for hydroxylation is 2. The second-order valence-corrected chi connectivity index (χ2v) is 5.66. The highest BCUT2D eigenvalue weighted by Crippen LogP contribution is 2.19. The minimum absolute atomic E-state index is 0.159. The quantitative estimate of drug-likeness (QED) is 0.860. The van der Waals surface area contributed by atoms with Crippen molar-refractivity contribution in [1.82, 2.24) is 9.78 Å². The molecule has 0 fully saturated rings. The Morgan fingerprint density at radius 1 is 1.14 bits per heavy atom. The van der Waals surface area contributed by atoms with Gasteiger partial charge in [0.25, 0.3) is 5.91 Å². The first kappa shape index (κ1) is 15.3. The standard InChI is InChI=1S/C17H22N2O2/c1-11(2)15-6-8-16(9-7-15)21-14(5)17(20)19-13(4)10-12(3)18-19/h6-11,14H,1-5H3. The van der Waals surface area contributed by atoms with Crippen molar-refractivity contribution < 1.29 is 9.53 Å². The molecule has 2 rings (SSSR count). The maximum atomic E-state index is 12.3. The molecule has 1 aromatic heterocycles. The van der Waals surface area contributed by atoms with Gasteiger partial charge in [0.1, 0.15) is 5.75 Å². The van der Waals surface area contributed by atoms with E-state index in [0.29, 0.717) is 11.7 Å². The number of aromatic nitrogens is 2. The lowest BCUT2D eigenvalue weighted by Crippen LogP contribution is -2.30. The summed E-state index contributed by atoms with van der Waals surface area (Å²) in [6.45, 7) is 9.76. The molecular weight excluding hydrogens is 264 g/mol. The van der Waals surface area contributed by atoms with Gasteiger partial charge >= 0.3 is 0 Å². The minimum atomic E-state index is -0.576. The van der Waals surface area contributed by atoms with Gasteiger partial charge in [-0.3, -0.25) is 4.79 Å². The molecule has 0 aliphatic rings. The van der Waals surface area contributed by atoms with E-state index in [4.69, 9.17) is 4.74 Å². The van der Waals surface area contributed by atoms with Crippen molar-refractivity contribution in [1.29, 1.82) is 0 Å². The number of benzene rings is 1. The first-order chi connectivity index (χ1) is 9.88. The topological polar surface area (TPSA) is 44.1 Å². The van der Waals surface area contributed by atoms with Crippen LogP contribution in [0.2, 0.25) is 0 Å². The number of hydrogen-bond donors (Lipinski definition) is 0. The van der Waals surface area contributed by atoms with Gasteiger partial charge in [-0.25, -0.2) is 4.68 Å². The van der Waals surface area contributed by atoms with Gasteiger partial charge in [0.2, 0.25) is 0 Å². The lowest BCUT2D eigenvalue weighted by atomic mass is 10.0. The molecule has 1 aromatic carbocycles. The summed E-state index contributed by atoms with van der Waals surface area (Å²) < 4.78 is 7.12. The third kappa shape index (κ3) is 3.51. The zero-order valence-electron chi connectivity index (χ0n) is 13.3. The van der Waals surface area contributed by atoms with Gasteiger partial charge in [-0.1, -0.05) is 26.0 Å². The van der Waals surface area contributed by atoms with E-state index in [1.807, 2.05) is 44.2 Å². The number of hydrogen-bond acceptors (Lipinski definition) is 3. The van der Waals surface area contributed by atoms with Gasteiger partial charge < -0.3 is 4.74 Å². The fourth-order valence-corrected chi connectivity index (χ4v) is 2.21. The van der Waals surface area contributed by atoms with Crippen molar-refractivity contribution in [2.75, 3.05) is 0 Å². The number of carbonyl (C=O) groups is 1. The molecule has 112 valence electrons. The van der Waals surface area contributed by atoms with Crippen molar-refractivity contribution in [3.8, 4) is 5.75 Å². The van der Waals surface area contributed by atoms with Crippen LogP contribution in [-0.4, -0.2) is 21.8 Å². The second-order valence-electron chi connectivity index (χ2n) is 5.66. The summed E-state index contributed by atoms with van der Waals surface area (Å²) in [6.07, 6.45) is -0.576. The second kappa shape index (κ2) is 6.12. The normalized spacial score (nSPS) is 12.5. The summed E-state index contributed by atoms with van der Waals surface area (Å²) in [5.74, 6) is 1.02. The van der Waals surface area contributed by atoms with Crippen LogP contribution in [0.15, 0.2) is 30.3 Å². The first-order valence-electron chi connectivity index (χ1n) is 7.22. The maximum absolute atomic E-state index is 12.3. The fourth-order valence-electron chi connectivity index (χ4n) is 2.21. The van der Waals surface area contributed by atoms with Gasteiger partial charge in [-0.2, -0.15) is 5.10 Å². The summed E-state index contributed by atoms with van der Waals surface area (Å²) in [5, 5.41) is 4.20. The average molecular weight is 286 g/mol. The van der Waals surface area contributed by atoms with Crippen molar-refractivity contribution in [2.24, 2.45) is 0 Å². The molecule has 1 heterocycles. The molecule has 1 unspecified atom stereocenters. The summed E-state index contributed by atoms with van der Waals surface area (Å²) in [6, 6.07) is 9.74. The van der Waals surface area contributed by atoms with Gasteiger partial charge in [0.15, 0.2) is 6.10 Å². The van der Waals surface area contributed by atoms with E-state index in [9.17, 15) is 4.79 Å². The van der Waals surface area contributed by atoms with E-state index in [1.54, 1.807) is 6.92 Å². The zero-order valence-corrected chi connectivity index (χ0v) is 13.3. The van der Waals surface area contributed by atoms with Crippen molar-refractivity contribution >= 4 is 5.91 Å². The molecular formula is C17H22N2O2. The zero-order chi connectivity index (χ0) is 15.6. The highest BCUT2D eigenvalue weighted by Gasteiger charge is 2.19. The number of rotatable bonds is 4. The third-order valence-electron chi connectivity index (χ3n) is 3.43. The molecule has 0 aliphatic heterocycles. The van der Waals surface area contributed by atoms with Crippen LogP contribution in [0.1, 0.15) is 48.4 Å². The highest BCUT2D eigenvalue weighted by atomic mass is 16.5. The maximum Gasteiger partial charge on any atom is 0.287 e. The summed E-state index contributed by atoms with van der Waals surface area (Å²) in [7, 11) is 0. The molecule has 4 heteroatoms. The molecule has 0 bridgehead atoms. The number of ether oxygens (including phenoxy) is 1. The van der Waals surface area contributed by atoms with Crippen LogP contribution in [0.4, 0.5) is 0 Å². The molecule has 4 nitrogen and oxygen atoms in total. The van der Waals surface area contributed by atoms with Crippen LogP contribution < -0.4 is 4.74 Å². The van der Waals surface area contributed by atoms with E-state index >= 15 is 0 Å². The van der Waals surface area contributed by atoms with Crippen LogP contribution in [0, 0.1) is 13.8 Å². The van der Waals surface area contributed by atoms with E-state index in [-0.39, 0.29) is 5.91 Å². The smallest absolute Gasteiger partial charge is 0.287 e. The molecule has 0 N–H and O–H groups in total. The average Bonchev–Trinajstić information content (AvgIpc) is 2.77. The molecule has 0 amide bonds. The van der Waals surface area contributed by atoms with Gasteiger partial charge in [-0.05, 0) is 50.5 Å². The lowest BCUT2D eigenvalue weighted by Gasteiger charge is -2.15. The number of nitrogens with zero attached hydrogens (tertiary/aromatic N) is 2. The van der Waals surface area contributed by atoms with Crippen LogP contribution in [0.3, 0.4) is 0 Å². The van der Waals surface area contributed by atoms with E-state index in [0.717, 1.165) is 11.4 Å². The largest absolute Gasteiger partial charge is 0.481 e. The molecule has 0 radical (unpaired) electrons. The first-order valence-corrected chi connectivity index (χ1v) is 7.22. The van der Waals surface area contributed by atoms with Gasteiger partial charge in [0, 0.05) is 5.69 Å². The Bertz CT molecular complexity index is 627. The van der Waals surface area contributed by atoms with Crippen molar-refractivity contribution in [3.63, 3.8) is 0 Å². The van der Waals surface area contributed by atoms with Crippen LogP contribution in [0.5, 0.6) is 5.75 Å². The Labute approximate surface area is 125 Å². The van der Waals surface area contributed by atoms with E-state index in [1.165, 1.54) is 10.2 Å². The van der Waals surface area contributed by atoms with E-state index < -0.39 is 6.10 Å². The predicted molar refractivity (Wildman–Crippen MR) is 82.9 cm³/mol. The lowest BCUT2D eigenvalue weighted by molar-refractivity contribution is 0.0707. The van der Waals surface area contributed by atoms with Crippen LogP contribution in [0.25, 0.3) is 0 Å². The fraction of sp³-hybridized carbons (Fsp3) is 0.412. The number of carbonyl (C=O) groups excluding carboxylic acids is 1. The molecule has 0 saturated carbocycles. The van der Waals surface area contributed by atoms with Gasteiger partial charge in [-0.15, -0.1) is 0 Å². The predicted octanol–water partition coefficient (Wildman–Crippen LogP) is 3.73.